The van der Waals surface area contributed by atoms with Crippen LogP contribution < -0.4 is 15.4 Å². The van der Waals surface area contributed by atoms with Crippen LogP contribution in [0.5, 0.6) is 5.75 Å². The van der Waals surface area contributed by atoms with Gasteiger partial charge in [0.15, 0.2) is 5.96 Å². The standard InChI is InChI=1S/C21H29N3O2.HI/c1-4-22-21(23-13-12-19(25)18-8-6-5-7-9-18)24-15-17-10-11-20(26-3)16(2)14-17;/h5-11,14,19,25H,4,12-13,15H2,1-3H3,(H2,22,23,24);1H. The fourth-order valence-corrected chi connectivity index (χ4v) is 2.72. The van der Waals surface area contributed by atoms with E-state index in [1.807, 2.05) is 56.3 Å². The summed E-state index contributed by atoms with van der Waals surface area (Å²) in [5.74, 6) is 1.64. The monoisotopic (exact) mass is 483 g/mol. The van der Waals surface area contributed by atoms with E-state index in [1.165, 1.54) is 0 Å². The quantitative estimate of drug-likeness (QED) is 0.304. The average molecular weight is 483 g/mol. The number of halogens is 1. The molecule has 148 valence electrons. The number of benzene rings is 2. The Balaban J connectivity index is 0.00000364. The van der Waals surface area contributed by atoms with E-state index in [1.54, 1.807) is 7.11 Å². The maximum absolute atomic E-state index is 10.2. The zero-order valence-electron chi connectivity index (χ0n) is 16.2. The molecule has 0 radical (unpaired) electrons. The molecule has 3 N–H and O–H groups in total. The molecule has 2 rings (SSSR count). The van der Waals surface area contributed by atoms with Gasteiger partial charge in [-0.05, 0) is 43.0 Å². The number of aryl methyl sites for hydroxylation is 1. The number of nitrogens with one attached hydrogen (secondary N) is 2. The summed E-state index contributed by atoms with van der Waals surface area (Å²) in [5.41, 5.74) is 3.17. The molecular formula is C21H30IN3O2. The average Bonchev–Trinajstić information content (AvgIpc) is 2.66. The van der Waals surface area contributed by atoms with Gasteiger partial charge in [0.25, 0.3) is 0 Å². The fourth-order valence-electron chi connectivity index (χ4n) is 2.72. The Kier molecular flexibility index (Phi) is 10.8. The van der Waals surface area contributed by atoms with Crippen molar-refractivity contribution in [3.8, 4) is 5.75 Å². The highest BCUT2D eigenvalue weighted by Gasteiger charge is 2.07. The van der Waals surface area contributed by atoms with Gasteiger partial charge in [-0.25, -0.2) is 4.99 Å². The van der Waals surface area contributed by atoms with Crippen LogP contribution in [0.25, 0.3) is 0 Å². The first kappa shape index (κ1) is 23.2. The lowest BCUT2D eigenvalue weighted by molar-refractivity contribution is 0.168. The third-order valence-corrected chi connectivity index (χ3v) is 4.12. The van der Waals surface area contributed by atoms with Gasteiger partial charge in [-0.1, -0.05) is 42.5 Å². The molecule has 0 aliphatic heterocycles. The van der Waals surface area contributed by atoms with Gasteiger partial charge in [-0.15, -0.1) is 24.0 Å². The first-order valence-corrected chi connectivity index (χ1v) is 9.02. The highest BCUT2D eigenvalue weighted by Crippen LogP contribution is 2.19. The molecule has 1 unspecified atom stereocenters. The molecule has 0 saturated heterocycles. The van der Waals surface area contributed by atoms with Crippen LogP contribution in [-0.4, -0.2) is 31.3 Å². The molecular weight excluding hydrogens is 453 g/mol. The number of guanidine groups is 1. The van der Waals surface area contributed by atoms with Gasteiger partial charge < -0.3 is 20.5 Å². The lowest BCUT2D eigenvalue weighted by Crippen LogP contribution is -2.38. The Morgan fingerprint density at radius 1 is 1.15 bits per heavy atom. The predicted molar refractivity (Wildman–Crippen MR) is 122 cm³/mol. The van der Waals surface area contributed by atoms with Crippen molar-refractivity contribution in [1.82, 2.24) is 10.6 Å². The van der Waals surface area contributed by atoms with Crippen molar-refractivity contribution in [3.63, 3.8) is 0 Å². The van der Waals surface area contributed by atoms with Crippen molar-refractivity contribution in [2.75, 3.05) is 20.2 Å². The van der Waals surface area contributed by atoms with E-state index in [9.17, 15) is 5.11 Å². The molecule has 0 aliphatic rings. The lowest BCUT2D eigenvalue weighted by Gasteiger charge is -2.14. The van der Waals surface area contributed by atoms with Gasteiger partial charge in [0, 0.05) is 13.1 Å². The van der Waals surface area contributed by atoms with Crippen LogP contribution in [0, 0.1) is 6.92 Å². The number of methoxy groups -OCH3 is 1. The highest BCUT2D eigenvalue weighted by molar-refractivity contribution is 14.0. The first-order valence-electron chi connectivity index (χ1n) is 9.02. The molecule has 2 aromatic carbocycles. The van der Waals surface area contributed by atoms with Gasteiger partial charge in [0.2, 0.25) is 0 Å². The van der Waals surface area contributed by atoms with Gasteiger partial charge >= 0.3 is 0 Å². The number of nitrogens with zero attached hydrogens (tertiary/aromatic N) is 1. The number of aliphatic hydroxyl groups is 1. The summed E-state index contributed by atoms with van der Waals surface area (Å²) >= 11 is 0. The molecule has 0 heterocycles. The predicted octanol–water partition coefficient (Wildman–Crippen LogP) is 3.80. The number of aliphatic hydroxyl groups excluding tert-OH is 1. The van der Waals surface area contributed by atoms with Crippen molar-refractivity contribution in [3.05, 3.63) is 65.2 Å². The number of hydrogen-bond acceptors (Lipinski definition) is 3. The third kappa shape index (κ3) is 7.76. The fraction of sp³-hybridized carbons (Fsp3) is 0.381. The topological polar surface area (TPSA) is 65.9 Å². The summed E-state index contributed by atoms with van der Waals surface area (Å²) in [6.45, 7) is 6.08. The Morgan fingerprint density at radius 2 is 1.89 bits per heavy atom. The highest BCUT2D eigenvalue weighted by atomic mass is 127. The molecule has 0 fully saturated rings. The smallest absolute Gasteiger partial charge is 0.191 e. The van der Waals surface area contributed by atoms with Crippen molar-refractivity contribution in [2.45, 2.75) is 32.9 Å². The van der Waals surface area contributed by atoms with E-state index in [0.29, 0.717) is 19.5 Å². The van der Waals surface area contributed by atoms with Crippen LogP contribution >= 0.6 is 24.0 Å². The maximum Gasteiger partial charge on any atom is 0.191 e. The molecule has 0 spiro atoms. The van der Waals surface area contributed by atoms with E-state index in [2.05, 4.69) is 21.7 Å². The molecule has 0 aromatic heterocycles. The molecule has 0 saturated carbocycles. The number of ether oxygens (including phenoxy) is 1. The van der Waals surface area contributed by atoms with E-state index < -0.39 is 6.10 Å². The summed E-state index contributed by atoms with van der Waals surface area (Å²) in [5, 5.41) is 16.8. The van der Waals surface area contributed by atoms with Crippen LogP contribution in [0.1, 0.15) is 36.1 Å². The van der Waals surface area contributed by atoms with E-state index in [4.69, 9.17) is 4.74 Å². The van der Waals surface area contributed by atoms with Crippen LogP contribution in [0.3, 0.4) is 0 Å². The first-order chi connectivity index (χ1) is 12.6. The summed E-state index contributed by atoms with van der Waals surface area (Å²) in [6, 6.07) is 15.8. The second-order valence-corrected chi connectivity index (χ2v) is 6.14. The maximum atomic E-state index is 10.2. The Labute approximate surface area is 179 Å². The van der Waals surface area contributed by atoms with Crippen LogP contribution in [0.4, 0.5) is 0 Å². The third-order valence-electron chi connectivity index (χ3n) is 4.12. The second kappa shape index (κ2) is 12.6. The molecule has 0 bridgehead atoms. The van der Waals surface area contributed by atoms with Crippen molar-refractivity contribution in [1.29, 1.82) is 0 Å². The van der Waals surface area contributed by atoms with E-state index in [0.717, 1.165) is 34.9 Å². The largest absolute Gasteiger partial charge is 0.496 e. The normalized spacial score (nSPS) is 12.1. The van der Waals surface area contributed by atoms with Gasteiger partial charge in [-0.2, -0.15) is 0 Å². The molecule has 6 heteroatoms. The van der Waals surface area contributed by atoms with Crippen LogP contribution in [0.2, 0.25) is 0 Å². The zero-order chi connectivity index (χ0) is 18.8. The Hall–Kier alpha value is -1.80. The van der Waals surface area contributed by atoms with Crippen molar-refractivity contribution < 1.29 is 9.84 Å². The number of rotatable bonds is 8. The molecule has 0 aliphatic carbocycles. The summed E-state index contributed by atoms with van der Waals surface area (Å²) in [4.78, 5) is 4.62. The van der Waals surface area contributed by atoms with Crippen molar-refractivity contribution in [2.24, 2.45) is 4.99 Å². The van der Waals surface area contributed by atoms with Gasteiger partial charge in [0.1, 0.15) is 5.75 Å². The zero-order valence-corrected chi connectivity index (χ0v) is 18.6. The minimum atomic E-state index is -0.476. The van der Waals surface area contributed by atoms with E-state index in [-0.39, 0.29) is 24.0 Å². The molecule has 27 heavy (non-hydrogen) atoms. The minimum Gasteiger partial charge on any atom is -0.496 e. The summed E-state index contributed by atoms with van der Waals surface area (Å²) in [6.07, 6.45) is 0.145. The number of aliphatic imine (C=N–C) groups is 1. The summed E-state index contributed by atoms with van der Waals surface area (Å²) < 4.78 is 5.29. The second-order valence-electron chi connectivity index (χ2n) is 6.14. The Bertz CT molecular complexity index is 708. The van der Waals surface area contributed by atoms with Crippen LogP contribution in [-0.2, 0) is 6.54 Å². The van der Waals surface area contributed by atoms with E-state index >= 15 is 0 Å². The SMILES string of the molecule is CCNC(=NCc1ccc(OC)c(C)c1)NCCC(O)c1ccccc1.I. The number of hydrogen-bond donors (Lipinski definition) is 3. The van der Waals surface area contributed by atoms with Crippen LogP contribution in [0.15, 0.2) is 53.5 Å². The summed E-state index contributed by atoms with van der Waals surface area (Å²) in [7, 11) is 1.68. The van der Waals surface area contributed by atoms with Crippen molar-refractivity contribution >= 4 is 29.9 Å². The minimum absolute atomic E-state index is 0. The molecule has 2 aromatic rings. The van der Waals surface area contributed by atoms with Gasteiger partial charge in [0.05, 0.1) is 19.8 Å². The molecule has 0 amide bonds. The Morgan fingerprint density at radius 3 is 2.52 bits per heavy atom. The molecule has 5 nitrogen and oxygen atoms in total. The molecule has 1 atom stereocenters. The lowest BCUT2D eigenvalue weighted by atomic mass is 10.1. The van der Waals surface area contributed by atoms with Gasteiger partial charge in [-0.3, -0.25) is 0 Å².